The molecule has 0 aliphatic carbocycles. The largest absolute Gasteiger partial charge is 0.396 e. The maximum Gasteiger partial charge on any atom is 0.257 e. The third kappa shape index (κ3) is 2.42. The van der Waals surface area contributed by atoms with Crippen molar-refractivity contribution >= 4 is 5.91 Å². The molecule has 0 spiro atoms. The van der Waals surface area contributed by atoms with Crippen LogP contribution in [0.3, 0.4) is 0 Å². The highest BCUT2D eigenvalue weighted by Gasteiger charge is 2.30. The summed E-state index contributed by atoms with van der Waals surface area (Å²) in [4.78, 5) is 13.1. The van der Waals surface area contributed by atoms with Crippen molar-refractivity contribution in [2.24, 2.45) is 5.92 Å². The molecule has 1 saturated heterocycles. The lowest BCUT2D eigenvalue weighted by atomic mass is 10.1. The normalized spacial score (nSPS) is 19.0. The molecule has 0 radical (unpaired) electrons. The van der Waals surface area contributed by atoms with Crippen LogP contribution in [0.25, 0.3) is 0 Å². The third-order valence-corrected chi connectivity index (χ3v) is 3.16. The summed E-state index contributed by atoms with van der Waals surface area (Å²) in [5, 5.41) is 8.93. The van der Waals surface area contributed by atoms with Gasteiger partial charge in [0.15, 0.2) is 23.3 Å². The first-order valence-corrected chi connectivity index (χ1v) is 5.68. The standard InChI is InChI=1S/C12H11F4NO2/c13-8-3-7(9(14)11(16)10(8)15)12(19)17-2-1-6(4-17)5-18/h3,6,18H,1-2,4-5H2. The van der Waals surface area contributed by atoms with Crippen molar-refractivity contribution in [3.63, 3.8) is 0 Å². The lowest BCUT2D eigenvalue weighted by Crippen LogP contribution is -2.30. The second-order valence-electron chi connectivity index (χ2n) is 4.44. The van der Waals surface area contributed by atoms with Crippen LogP contribution in [-0.4, -0.2) is 35.6 Å². The Labute approximate surface area is 106 Å². The summed E-state index contributed by atoms with van der Waals surface area (Å²) in [6, 6.07) is 0.350. The molecule has 1 aromatic rings. The molecule has 2 rings (SSSR count). The molecule has 1 aliphatic heterocycles. The molecule has 1 heterocycles. The molecular formula is C12H11F4NO2. The molecule has 1 aromatic carbocycles. The summed E-state index contributed by atoms with van der Waals surface area (Å²) in [6.07, 6.45) is 0.524. The minimum Gasteiger partial charge on any atom is -0.396 e. The van der Waals surface area contributed by atoms with E-state index in [1.807, 2.05) is 0 Å². The zero-order valence-corrected chi connectivity index (χ0v) is 9.80. The van der Waals surface area contributed by atoms with Gasteiger partial charge in [-0.1, -0.05) is 0 Å². The van der Waals surface area contributed by atoms with E-state index in [0.717, 1.165) is 0 Å². The SMILES string of the molecule is O=C(c1cc(F)c(F)c(F)c1F)N1CCC(CO)C1. The summed E-state index contributed by atoms with van der Waals surface area (Å²) in [6.45, 7) is 0.303. The molecule has 0 bridgehead atoms. The van der Waals surface area contributed by atoms with Crippen LogP contribution >= 0.6 is 0 Å². The molecule has 1 N–H and O–H groups in total. The Morgan fingerprint density at radius 1 is 1.26 bits per heavy atom. The number of hydrogen-bond acceptors (Lipinski definition) is 2. The zero-order chi connectivity index (χ0) is 14.2. The van der Waals surface area contributed by atoms with Crippen LogP contribution in [0.15, 0.2) is 6.07 Å². The smallest absolute Gasteiger partial charge is 0.257 e. The van der Waals surface area contributed by atoms with Gasteiger partial charge in [0.05, 0.1) is 5.56 Å². The van der Waals surface area contributed by atoms with Gasteiger partial charge in [-0.2, -0.15) is 0 Å². The van der Waals surface area contributed by atoms with E-state index in [0.29, 0.717) is 12.5 Å². The van der Waals surface area contributed by atoms with E-state index in [1.54, 1.807) is 0 Å². The van der Waals surface area contributed by atoms with E-state index in [1.165, 1.54) is 4.90 Å². The quantitative estimate of drug-likeness (QED) is 0.508. The highest BCUT2D eigenvalue weighted by atomic mass is 19.2. The number of aliphatic hydroxyl groups excluding tert-OH is 1. The Hall–Kier alpha value is -1.63. The van der Waals surface area contributed by atoms with Gasteiger partial charge in [-0.3, -0.25) is 4.79 Å². The first-order chi connectivity index (χ1) is 8.95. The van der Waals surface area contributed by atoms with Crippen LogP contribution in [0.4, 0.5) is 17.6 Å². The van der Waals surface area contributed by atoms with Crippen molar-refractivity contribution < 1.29 is 27.5 Å². The van der Waals surface area contributed by atoms with E-state index >= 15 is 0 Å². The van der Waals surface area contributed by atoms with Crippen LogP contribution in [0.5, 0.6) is 0 Å². The number of hydrogen-bond donors (Lipinski definition) is 1. The highest BCUT2D eigenvalue weighted by Crippen LogP contribution is 2.23. The van der Waals surface area contributed by atoms with Crippen LogP contribution in [0.2, 0.25) is 0 Å². The van der Waals surface area contributed by atoms with Gasteiger partial charge < -0.3 is 10.0 Å². The van der Waals surface area contributed by atoms with Gasteiger partial charge in [0, 0.05) is 25.6 Å². The Balaban J connectivity index is 2.30. The van der Waals surface area contributed by atoms with E-state index in [-0.39, 0.29) is 25.6 Å². The third-order valence-electron chi connectivity index (χ3n) is 3.16. The molecule has 3 nitrogen and oxygen atoms in total. The lowest BCUT2D eigenvalue weighted by molar-refractivity contribution is 0.0775. The molecule has 19 heavy (non-hydrogen) atoms. The summed E-state index contributed by atoms with van der Waals surface area (Å²) >= 11 is 0. The Morgan fingerprint density at radius 2 is 1.95 bits per heavy atom. The molecule has 1 atom stereocenters. The molecule has 1 fully saturated rings. The van der Waals surface area contributed by atoms with Crippen molar-refractivity contribution in [3.05, 3.63) is 34.9 Å². The van der Waals surface area contributed by atoms with E-state index < -0.39 is 34.7 Å². The Morgan fingerprint density at radius 3 is 2.53 bits per heavy atom. The van der Waals surface area contributed by atoms with Gasteiger partial charge in [-0.15, -0.1) is 0 Å². The highest BCUT2D eigenvalue weighted by molar-refractivity contribution is 5.94. The van der Waals surface area contributed by atoms with Crippen LogP contribution in [0.1, 0.15) is 16.8 Å². The molecule has 0 saturated carbocycles. The number of amides is 1. The molecule has 1 aliphatic rings. The predicted octanol–water partition coefficient (Wildman–Crippen LogP) is 1.70. The van der Waals surface area contributed by atoms with Crippen LogP contribution in [0, 0.1) is 29.2 Å². The number of benzene rings is 1. The first kappa shape index (κ1) is 13.8. The maximum atomic E-state index is 13.4. The van der Waals surface area contributed by atoms with Crippen molar-refractivity contribution in [2.45, 2.75) is 6.42 Å². The number of nitrogens with zero attached hydrogens (tertiary/aromatic N) is 1. The fourth-order valence-corrected chi connectivity index (χ4v) is 2.06. The number of carbonyl (C=O) groups is 1. The van der Waals surface area contributed by atoms with Gasteiger partial charge in [0.2, 0.25) is 0 Å². The topological polar surface area (TPSA) is 40.5 Å². The van der Waals surface area contributed by atoms with Gasteiger partial charge in [-0.25, -0.2) is 17.6 Å². The second kappa shape index (κ2) is 5.16. The Kier molecular flexibility index (Phi) is 3.75. The summed E-state index contributed by atoms with van der Waals surface area (Å²) in [7, 11) is 0. The number of likely N-dealkylation sites (tertiary alicyclic amines) is 1. The van der Waals surface area contributed by atoms with Crippen LogP contribution in [-0.2, 0) is 0 Å². The number of rotatable bonds is 2. The van der Waals surface area contributed by atoms with Gasteiger partial charge in [-0.05, 0) is 12.5 Å². The van der Waals surface area contributed by atoms with Gasteiger partial charge >= 0.3 is 0 Å². The molecule has 7 heteroatoms. The minimum atomic E-state index is -2.00. The molecule has 104 valence electrons. The summed E-state index contributed by atoms with van der Waals surface area (Å²) < 4.78 is 52.3. The fourth-order valence-electron chi connectivity index (χ4n) is 2.06. The van der Waals surface area contributed by atoms with Crippen molar-refractivity contribution in [1.82, 2.24) is 4.90 Å². The molecule has 0 aromatic heterocycles. The first-order valence-electron chi connectivity index (χ1n) is 5.68. The summed E-state index contributed by atoms with van der Waals surface area (Å²) in [5.74, 6) is -8.30. The average molecular weight is 277 g/mol. The Bertz CT molecular complexity index is 521. The van der Waals surface area contributed by atoms with Crippen LogP contribution < -0.4 is 0 Å². The van der Waals surface area contributed by atoms with Crippen molar-refractivity contribution in [3.8, 4) is 0 Å². The zero-order valence-electron chi connectivity index (χ0n) is 9.80. The number of aliphatic hydroxyl groups is 1. The monoisotopic (exact) mass is 277 g/mol. The average Bonchev–Trinajstić information content (AvgIpc) is 2.88. The molecule has 1 amide bonds. The summed E-state index contributed by atoms with van der Waals surface area (Å²) in [5.41, 5.74) is -0.838. The maximum absolute atomic E-state index is 13.4. The number of carbonyl (C=O) groups excluding carboxylic acids is 1. The minimum absolute atomic E-state index is 0.127. The predicted molar refractivity (Wildman–Crippen MR) is 57.4 cm³/mol. The fraction of sp³-hybridized carbons (Fsp3) is 0.417. The van der Waals surface area contributed by atoms with Gasteiger partial charge in [0.25, 0.3) is 5.91 Å². The van der Waals surface area contributed by atoms with E-state index in [4.69, 9.17) is 5.11 Å². The lowest BCUT2D eigenvalue weighted by Gasteiger charge is -2.17. The van der Waals surface area contributed by atoms with Gasteiger partial charge in [0.1, 0.15) is 0 Å². The van der Waals surface area contributed by atoms with Crippen molar-refractivity contribution in [1.29, 1.82) is 0 Å². The second-order valence-corrected chi connectivity index (χ2v) is 4.44. The van der Waals surface area contributed by atoms with Crippen molar-refractivity contribution in [2.75, 3.05) is 19.7 Å². The van der Waals surface area contributed by atoms with E-state index in [2.05, 4.69) is 0 Å². The number of halogens is 4. The molecule has 1 unspecified atom stereocenters. The van der Waals surface area contributed by atoms with E-state index in [9.17, 15) is 22.4 Å². The molecular weight excluding hydrogens is 266 g/mol.